The van der Waals surface area contributed by atoms with E-state index in [1.165, 1.54) is 0 Å². The Balaban J connectivity index is 1.09. The third-order valence-corrected chi connectivity index (χ3v) is 6.24. The molecule has 1 aliphatic rings. The minimum Gasteiger partial charge on any atom is -0.379 e. The first-order valence-electron chi connectivity index (χ1n) is 11.8. The largest absolute Gasteiger partial charge is 0.379 e. The average molecular weight is 484 g/mol. The van der Waals surface area contributed by atoms with Crippen LogP contribution in [-0.4, -0.2) is 78.6 Å². The van der Waals surface area contributed by atoms with E-state index in [4.69, 9.17) is 4.74 Å². The van der Waals surface area contributed by atoms with E-state index in [1.807, 2.05) is 53.5 Å². The van der Waals surface area contributed by atoms with Crippen LogP contribution in [0.3, 0.4) is 0 Å². The third-order valence-electron chi connectivity index (χ3n) is 6.24. The fourth-order valence-electron chi connectivity index (χ4n) is 4.25. The summed E-state index contributed by atoms with van der Waals surface area (Å²) in [6.07, 6.45) is 5.34. The molecule has 0 aliphatic carbocycles. The number of H-pyrrole nitrogens is 1. The number of aromatic nitrogens is 7. The monoisotopic (exact) mass is 483 g/mol. The average Bonchev–Trinajstić information content (AvgIpc) is 3.68. The molecule has 11 nitrogen and oxygen atoms in total. The van der Waals surface area contributed by atoms with Gasteiger partial charge in [0.15, 0.2) is 0 Å². The molecule has 1 fully saturated rings. The molecule has 0 radical (unpaired) electrons. The molecule has 1 aliphatic heterocycles. The van der Waals surface area contributed by atoms with Crippen molar-refractivity contribution in [1.29, 1.82) is 0 Å². The highest BCUT2D eigenvalue weighted by Crippen LogP contribution is 2.24. The van der Waals surface area contributed by atoms with E-state index in [1.54, 1.807) is 23.0 Å². The van der Waals surface area contributed by atoms with Crippen molar-refractivity contribution >= 4 is 22.5 Å². The number of morpholine rings is 1. The second-order valence-electron chi connectivity index (χ2n) is 8.61. The third kappa shape index (κ3) is 4.61. The smallest absolute Gasteiger partial charge is 0.255 e. The predicted molar refractivity (Wildman–Crippen MR) is 134 cm³/mol. The zero-order chi connectivity index (χ0) is 24.3. The Kier molecular flexibility index (Phi) is 5.98. The quantitative estimate of drug-likeness (QED) is 0.365. The summed E-state index contributed by atoms with van der Waals surface area (Å²) in [4.78, 5) is 15.1. The molecule has 1 saturated heterocycles. The molecule has 0 saturated carbocycles. The first kappa shape index (κ1) is 22.1. The van der Waals surface area contributed by atoms with Crippen LogP contribution in [0.4, 0.5) is 5.69 Å². The van der Waals surface area contributed by atoms with E-state index in [-0.39, 0.29) is 5.91 Å². The van der Waals surface area contributed by atoms with Crippen LogP contribution in [-0.2, 0) is 11.3 Å². The zero-order valence-electron chi connectivity index (χ0n) is 19.5. The topological polar surface area (TPSA) is 119 Å². The number of anilines is 1. The molecule has 0 bridgehead atoms. The van der Waals surface area contributed by atoms with Gasteiger partial charge in [-0.15, -0.1) is 5.10 Å². The Morgan fingerprint density at radius 2 is 1.86 bits per heavy atom. The van der Waals surface area contributed by atoms with Gasteiger partial charge in [0.2, 0.25) is 0 Å². The van der Waals surface area contributed by atoms with Crippen LogP contribution in [0.2, 0.25) is 0 Å². The maximum atomic E-state index is 12.7. The molecule has 3 aromatic heterocycles. The van der Waals surface area contributed by atoms with Crippen LogP contribution in [0.5, 0.6) is 0 Å². The van der Waals surface area contributed by atoms with Gasteiger partial charge in [0, 0.05) is 36.8 Å². The molecule has 6 rings (SSSR count). The summed E-state index contributed by atoms with van der Waals surface area (Å²) in [5.74, 6) is -0.198. The predicted octanol–water partition coefficient (Wildman–Crippen LogP) is 2.59. The van der Waals surface area contributed by atoms with Gasteiger partial charge < -0.3 is 10.1 Å². The van der Waals surface area contributed by atoms with E-state index in [0.717, 1.165) is 61.7 Å². The number of hydrogen-bond donors (Lipinski definition) is 2. The molecule has 36 heavy (non-hydrogen) atoms. The Hall–Kier alpha value is -4.35. The SMILES string of the molecule is O=C(Nc1cnn(CCN2CCOCC2)c1)c1ccc(-n2cc(-c3n[nH]c4ccccc34)nn2)cc1. The number of nitrogens with zero attached hydrogens (tertiary/aromatic N) is 7. The highest BCUT2D eigenvalue weighted by Gasteiger charge is 2.14. The summed E-state index contributed by atoms with van der Waals surface area (Å²) < 4.78 is 8.89. The summed E-state index contributed by atoms with van der Waals surface area (Å²) >= 11 is 0. The highest BCUT2D eigenvalue weighted by atomic mass is 16.5. The van der Waals surface area contributed by atoms with Gasteiger partial charge in [-0.2, -0.15) is 10.2 Å². The van der Waals surface area contributed by atoms with E-state index in [0.29, 0.717) is 16.9 Å². The number of rotatable bonds is 7. The van der Waals surface area contributed by atoms with Crippen LogP contribution < -0.4 is 5.32 Å². The first-order chi connectivity index (χ1) is 17.7. The maximum absolute atomic E-state index is 12.7. The fourth-order valence-corrected chi connectivity index (χ4v) is 4.25. The van der Waals surface area contributed by atoms with Crippen molar-refractivity contribution in [2.45, 2.75) is 6.54 Å². The number of hydrogen-bond acceptors (Lipinski definition) is 7. The molecule has 4 heterocycles. The summed E-state index contributed by atoms with van der Waals surface area (Å²) in [5, 5.41) is 24.2. The molecular formula is C25H25N9O2. The van der Waals surface area contributed by atoms with Crippen molar-refractivity contribution in [3.63, 3.8) is 0 Å². The molecule has 182 valence electrons. The van der Waals surface area contributed by atoms with Gasteiger partial charge in [0.25, 0.3) is 5.91 Å². The number of carbonyl (C=O) groups is 1. The number of ether oxygens (including phenoxy) is 1. The van der Waals surface area contributed by atoms with Crippen molar-refractivity contribution < 1.29 is 9.53 Å². The molecule has 5 aromatic rings. The lowest BCUT2D eigenvalue weighted by molar-refractivity contribution is 0.0360. The van der Waals surface area contributed by atoms with Crippen LogP contribution >= 0.6 is 0 Å². The van der Waals surface area contributed by atoms with Gasteiger partial charge in [-0.3, -0.25) is 19.5 Å². The van der Waals surface area contributed by atoms with Gasteiger partial charge >= 0.3 is 0 Å². The molecule has 2 aromatic carbocycles. The van der Waals surface area contributed by atoms with Gasteiger partial charge in [-0.25, -0.2) is 4.68 Å². The molecule has 11 heteroatoms. The summed E-state index contributed by atoms with van der Waals surface area (Å²) in [7, 11) is 0. The number of carbonyl (C=O) groups excluding carboxylic acids is 1. The fraction of sp³-hybridized carbons (Fsp3) is 0.240. The lowest BCUT2D eigenvalue weighted by atomic mass is 10.2. The van der Waals surface area contributed by atoms with Crippen molar-refractivity contribution in [2.75, 3.05) is 38.2 Å². The van der Waals surface area contributed by atoms with E-state index < -0.39 is 0 Å². The summed E-state index contributed by atoms with van der Waals surface area (Å²) in [6.45, 7) is 5.10. The summed E-state index contributed by atoms with van der Waals surface area (Å²) in [6, 6.07) is 15.1. The second kappa shape index (κ2) is 9.72. The Bertz CT molecular complexity index is 1480. The minimum absolute atomic E-state index is 0.198. The number of para-hydroxylation sites is 1. The second-order valence-corrected chi connectivity index (χ2v) is 8.61. The van der Waals surface area contributed by atoms with Gasteiger partial charge in [-0.1, -0.05) is 23.4 Å². The lowest BCUT2D eigenvalue weighted by Crippen LogP contribution is -2.38. The van der Waals surface area contributed by atoms with Crippen LogP contribution in [0.15, 0.2) is 67.1 Å². The van der Waals surface area contributed by atoms with Gasteiger partial charge in [0.05, 0.1) is 49.0 Å². The van der Waals surface area contributed by atoms with Crippen molar-refractivity contribution in [1.82, 2.24) is 39.9 Å². The highest BCUT2D eigenvalue weighted by molar-refractivity contribution is 6.04. The van der Waals surface area contributed by atoms with E-state index in [9.17, 15) is 4.79 Å². The van der Waals surface area contributed by atoms with E-state index in [2.05, 4.69) is 35.8 Å². The normalized spacial score (nSPS) is 14.3. The standard InChI is InChI=1S/C25H25N9O2/c35-25(27-19-15-26-33(16-19)10-9-32-11-13-36-14-12-32)18-5-7-20(8-6-18)34-17-23(29-31-34)24-21-3-1-2-4-22(21)28-30-24/h1-8,15-17H,9-14H2,(H,27,35)(H,28,30). The molecule has 2 N–H and O–H groups in total. The van der Waals surface area contributed by atoms with Gasteiger partial charge in [-0.05, 0) is 30.3 Å². The number of nitrogens with one attached hydrogen (secondary N) is 2. The summed E-state index contributed by atoms with van der Waals surface area (Å²) in [5.41, 5.74) is 4.36. The molecular weight excluding hydrogens is 458 g/mol. The van der Waals surface area contributed by atoms with Crippen molar-refractivity contribution in [2.24, 2.45) is 0 Å². The number of aromatic amines is 1. The zero-order valence-corrected chi connectivity index (χ0v) is 19.5. The Labute approximate surface area is 206 Å². The van der Waals surface area contributed by atoms with Gasteiger partial charge in [0.1, 0.15) is 11.4 Å². The van der Waals surface area contributed by atoms with Crippen molar-refractivity contribution in [3.05, 3.63) is 72.7 Å². The van der Waals surface area contributed by atoms with Crippen LogP contribution in [0.25, 0.3) is 28.0 Å². The lowest BCUT2D eigenvalue weighted by Gasteiger charge is -2.26. The maximum Gasteiger partial charge on any atom is 0.255 e. The Morgan fingerprint density at radius 3 is 2.72 bits per heavy atom. The number of benzene rings is 2. The molecule has 0 atom stereocenters. The minimum atomic E-state index is -0.198. The number of fused-ring (bicyclic) bond motifs is 1. The number of amides is 1. The molecule has 1 amide bonds. The Morgan fingerprint density at radius 1 is 1.03 bits per heavy atom. The first-order valence-corrected chi connectivity index (χ1v) is 11.8. The van der Waals surface area contributed by atoms with Crippen LogP contribution in [0, 0.1) is 0 Å². The van der Waals surface area contributed by atoms with Crippen LogP contribution in [0.1, 0.15) is 10.4 Å². The molecule has 0 unspecified atom stereocenters. The van der Waals surface area contributed by atoms with Crippen molar-refractivity contribution in [3.8, 4) is 17.1 Å². The van der Waals surface area contributed by atoms with E-state index >= 15 is 0 Å². The molecule has 0 spiro atoms.